The summed E-state index contributed by atoms with van der Waals surface area (Å²) in [6.07, 6.45) is 2.99. The van der Waals surface area contributed by atoms with Crippen LogP contribution < -0.4 is 5.32 Å². The fourth-order valence-electron chi connectivity index (χ4n) is 2.57. The maximum atomic E-state index is 12.1. The lowest BCUT2D eigenvalue weighted by Gasteiger charge is -2.20. The third-order valence-corrected chi connectivity index (χ3v) is 4.49. The summed E-state index contributed by atoms with van der Waals surface area (Å²) in [6.45, 7) is 4.12. The highest BCUT2D eigenvalue weighted by atomic mass is 79.9. The summed E-state index contributed by atoms with van der Waals surface area (Å²) < 4.78 is 0. The van der Waals surface area contributed by atoms with Gasteiger partial charge in [-0.25, -0.2) is 0 Å². The van der Waals surface area contributed by atoms with Gasteiger partial charge in [-0.2, -0.15) is 0 Å². The molecular formula is C15H20BrNO. The van der Waals surface area contributed by atoms with Crippen molar-refractivity contribution in [1.82, 2.24) is 5.32 Å². The van der Waals surface area contributed by atoms with Crippen LogP contribution >= 0.6 is 15.9 Å². The number of benzene rings is 1. The molecule has 18 heavy (non-hydrogen) atoms. The highest BCUT2D eigenvalue weighted by molar-refractivity contribution is 9.09. The Hall–Kier alpha value is -0.830. The summed E-state index contributed by atoms with van der Waals surface area (Å²) in [4.78, 5) is 12.4. The smallest absolute Gasteiger partial charge is 0.223 e. The van der Waals surface area contributed by atoms with Crippen molar-refractivity contribution in [3.8, 4) is 0 Å². The number of nitrogens with one attached hydrogen (secondary N) is 1. The Morgan fingerprint density at radius 3 is 2.94 bits per heavy atom. The number of carbonyl (C=O) groups excluding carboxylic acids is 1. The summed E-state index contributed by atoms with van der Waals surface area (Å²) in [5, 5.41) is 3.18. The molecule has 0 aromatic heterocycles. The molecule has 2 rings (SSSR count). The van der Waals surface area contributed by atoms with Crippen molar-refractivity contribution in [3.63, 3.8) is 0 Å². The van der Waals surface area contributed by atoms with Gasteiger partial charge in [0.25, 0.3) is 0 Å². The molecule has 3 heteroatoms. The lowest BCUT2D eigenvalue weighted by atomic mass is 10.0. The fraction of sp³-hybridized carbons (Fsp3) is 0.533. The fourth-order valence-corrected chi connectivity index (χ4v) is 3.34. The van der Waals surface area contributed by atoms with Crippen LogP contribution in [0.4, 0.5) is 0 Å². The van der Waals surface area contributed by atoms with Gasteiger partial charge in [-0.3, -0.25) is 4.79 Å². The van der Waals surface area contributed by atoms with Gasteiger partial charge in [0.2, 0.25) is 5.91 Å². The summed E-state index contributed by atoms with van der Waals surface area (Å²) in [6, 6.07) is 8.48. The van der Waals surface area contributed by atoms with Crippen LogP contribution in [0.1, 0.15) is 43.9 Å². The van der Waals surface area contributed by atoms with Crippen molar-refractivity contribution in [2.45, 2.75) is 44.0 Å². The zero-order valence-corrected chi connectivity index (χ0v) is 12.5. The largest absolute Gasteiger partial charge is 0.348 e. The van der Waals surface area contributed by atoms with Gasteiger partial charge in [-0.1, -0.05) is 60.5 Å². The average Bonchev–Trinajstić information content (AvgIpc) is 2.66. The Morgan fingerprint density at radius 1 is 1.50 bits per heavy atom. The second kappa shape index (κ2) is 5.87. The van der Waals surface area contributed by atoms with Gasteiger partial charge >= 0.3 is 0 Å². The zero-order chi connectivity index (χ0) is 13.1. The molecule has 0 spiro atoms. The average molecular weight is 310 g/mol. The van der Waals surface area contributed by atoms with Gasteiger partial charge in [0, 0.05) is 10.7 Å². The zero-order valence-electron chi connectivity index (χ0n) is 10.9. The molecule has 3 unspecified atom stereocenters. The van der Waals surface area contributed by atoms with Crippen LogP contribution in [0.25, 0.3) is 0 Å². The number of halogens is 1. The molecule has 0 saturated carbocycles. The summed E-state index contributed by atoms with van der Waals surface area (Å²) in [5.41, 5.74) is 2.60. The quantitative estimate of drug-likeness (QED) is 0.846. The van der Waals surface area contributed by atoms with Crippen molar-refractivity contribution < 1.29 is 4.79 Å². The predicted molar refractivity (Wildman–Crippen MR) is 77.8 cm³/mol. The van der Waals surface area contributed by atoms with Crippen LogP contribution in [-0.2, 0) is 11.2 Å². The van der Waals surface area contributed by atoms with Crippen LogP contribution in [0.5, 0.6) is 0 Å². The van der Waals surface area contributed by atoms with E-state index in [0.29, 0.717) is 4.83 Å². The van der Waals surface area contributed by atoms with E-state index in [1.165, 1.54) is 11.1 Å². The molecule has 1 N–H and O–H groups in total. The second-order valence-electron chi connectivity index (χ2n) is 5.09. The van der Waals surface area contributed by atoms with E-state index in [9.17, 15) is 4.79 Å². The highest BCUT2D eigenvalue weighted by Crippen LogP contribution is 2.35. The topological polar surface area (TPSA) is 29.1 Å². The predicted octanol–water partition coefficient (Wildman–Crippen LogP) is 3.60. The van der Waals surface area contributed by atoms with E-state index in [1.54, 1.807) is 0 Å². The van der Waals surface area contributed by atoms with E-state index in [4.69, 9.17) is 0 Å². The molecule has 0 saturated heterocycles. The van der Waals surface area contributed by atoms with Gasteiger partial charge in [0.15, 0.2) is 0 Å². The number of amides is 1. The van der Waals surface area contributed by atoms with E-state index >= 15 is 0 Å². The molecule has 1 aromatic rings. The maximum absolute atomic E-state index is 12.1. The number of rotatable bonds is 4. The maximum Gasteiger partial charge on any atom is 0.223 e. The van der Waals surface area contributed by atoms with Crippen LogP contribution in [0.2, 0.25) is 0 Å². The molecule has 1 aliphatic carbocycles. The van der Waals surface area contributed by atoms with E-state index in [2.05, 4.69) is 46.4 Å². The third kappa shape index (κ3) is 2.77. The highest BCUT2D eigenvalue weighted by Gasteiger charge is 2.32. The lowest BCUT2D eigenvalue weighted by Crippen LogP contribution is -2.35. The molecule has 0 bridgehead atoms. The van der Waals surface area contributed by atoms with Crippen LogP contribution in [0.15, 0.2) is 24.3 Å². The first-order chi connectivity index (χ1) is 8.63. The van der Waals surface area contributed by atoms with Crippen molar-refractivity contribution in [2.24, 2.45) is 5.92 Å². The Kier molecular flexibility index (Phi) is 4.44. The standard InChI is InChI=1S/C15H20BrNO/c1-3-6-10(2)15(18)17-14-12-8-5-4-7-11(12)9-13(14)16/h4-5,7-8,10,13-14H,3,6,9H2,1-2H3,(H,17,18). The third-order valence-electron chi connectivity index (χ3n) is 3.63. The van der Waals surface area contributed by atoms with Gasteiger partial charge < -0.3 is 5.32 Å². The summed E-state index contributed by atoms with van der Waals surface area (Å²) in [7, 11) is 0. The molecule has 1 aromatic carbocycles. The first kappa shape index (κ1) is 13.6. The van der Waals surface area contributed by atoms with Gasteiger partial charge in [0.05, 0.1) is 6.04 Å². The van der Waals surface area contributed by atoms with Gasteiger partial charge in [-0.05, 0) is 24.0 Å². The SMILES string of the molecule is CCCC(C)C(=O)NC1c2ccccc2CC1Br. The minimum Gasteiger partial charge on any atom is -0.348 e. The Labute approximate surface area is 117 Å². The Morgan fingerprint density at radius 2 is 2.22 bits per heavy atom. The molecule has 2 nitrogen and oxygen atoms in total. The van der Waals surface area contributed by atoms with E-state index in [-0.39, 0.29) is 17.9 Å². The lowest BCUT2D eigenvalue weighted by molar-refractivity contribution is -0.125. The second-order valence-corrected chi connectivity index (χ2v) is 6.27. The number of alkyl halides is 1. The van der Waals surface area contributed by atoms with Crippen molar-refractivity contribution in [1.29, 1.82) is 0 Å². The van der Waals surface area contributed by atoms with Crippen molar-refractivity contribution in [3.05, 3.63) is 35.4 Å². The normalized spacial score (nSPS) is 23.5. The molecule has 0 heterocycles. The minimum atomic E-state index is 0.0995. The molecule has 1 amide bonds. The first-order valence-corrected chi connectivity index (χ1v) is 7.57. The molecule has 0 fully saturated rings. The number of hydrogen-bond donors (Lipinski definition) is 1. The van der Waals surface area contributed by atoms with Crippen LogP contribution in [0.3, 0.4) is 0 Å². The minimum absolute atomic E-state index is 0.0995. The molecular weight excluding hydrogens is 290 g/mol. The number of carbonyl (C=O) groups is 1. The monoisotopic (exact) mass is 309 g/mol. The van der Waals surface area contributed by atoms with Gasteiger partial charge in [-0.15, -0.1) is 0 Å². The van der Waals surface area contributed by atoms with Gasteiger partial charge in [0.1, 0.15) is 0 Å². The number of hydrogen-bond acceptors (Lipinski definition) is 1. The van der Waals surface area contributed by atoms with E-state index in [0.717, 1.165) is 19.3 Å². The molecule has 0 aliphatic heterocycles. The molecule has 0 radical (unpaired) electrons. The van der Waals surface area contributed by atoms with Crippen LogP contribution in [-0.4, -0.2) is 10.7 Å². The summed E-state index contributed by atoms with van der Waals surface area (Å²) in [5.74, 6) is 0.269. The van der Waals surface area contributed by atoms with E-state index < -0.39 is 0 Å². The molecule has 98 valence electrons. The molecule has 1 aliphatic rings. The van der Waals surface area contributed by atoms with E-state index in [1.807, 2.05) is 13.0 Å². The van der Waals surface area contributed by atoms with Crippen molar-refractivity contribution >= 4 is 21.8 Å². The summed E-state index contributed by atoms with van der Waals surface area (Å²) >= 11 is 3.69. The van der Waals surface area contributed by atoms with Crippen LogP contribution in [0, 0.1) is 5.92 Å². The molecule has 3 atom stereocenters. The first-order valence-electron chi connectivity index (χ1n) is 6.65. The Balaban J connectivity index is 2.08. The Bertz CT molecular complexity index is 432. The van der Waals surface area contributed by atoms with Crippen molar-refractivity contribution in [2.75, 3.05) is 0 Å². The number of fused-ring (bicyclic) bond motifs is 1.